The van der Waals surface area contributed by atoms with Gasteiger partial charge in [0.15, 0.2) is 0 Å². The van der Waals surface area contributed by atoms with Gasteiger partial charge >= 0.3 is 21.1 Å². The predicted octanol–water partition coefficient (Wildman–Crippen LogP) is 5.03. The van der Waals surface area contributed by atoms with Crippen LogP contribution in [0.2, 0.25) is 0 Å². The van der Waals surface area contributed by atoms with Crippen molar-refractivity contribution in [3.05, 3.63) is 116 Å². The van der Waals surface area contributed by atoms with Crippen LogP contribution in [-0.2, 0) is 21.1 Å². The van der Waals surface area contributed by atoms with Crippen molar-refractivity contribution in [1.29, 1.82) is 0 Å². The van der Waals surface area contributed by atoms with Crippen LogP contribution in [0.1, 0.15) is 0 Å². The van der Waals surface area contributed by atoms with Crippen LogP contribution in [0.5, 0.6) is 0 Å². The van der Waals surface area contributed by atoms with E-state index in [1.54, 1.807) is 18.7 Å². The first-order valence-corrected chi connectivity index (χ1v) is 11.9. The van der Waals surface area contributed by atoms with E-state index in [1.807, 2.05) is 23.0 Å². The maximum absolute atomic E-state index is 5.63. The summed E-state index contributed by atoms with van der Waals surface area (Å²) in [5, 5.41) is 4.46. The smallest absolute Gasteiger partial charge is 0.489 e. The van der Waals surface area contributed by atoms with Crippen molar-refractivity contribution in [2.75, 3.05) is 4.81 Å². The fourth-order valence-electron chi connectivity index (χ4n) is 5.57. The van der Waals surface area contributed by atoms with Crippen LogP contribution >= 0.6 is 0 Å². The topological polar surface area (TPSA) is 47.1 Å². The summed E-state index contributed by atoms with van der Waals surface area (Å²) in [6.07, 6.45) is 7.00. The van der Waals surface area contributed by atoms with Crippen LogP contribution in [0.4, 0.5) is 11.4 Å². The summed E-state index contributed by atoms with van der Waals surface area (Å²) in [4.78, 5) is 6.81. The van der Waals surface area contributed by atoms with Crippen LogP contribution in [0.3, 0.4) is 0 Å². The molecule has 2 aliphatic heterocycles. The Morgan fingerprint density at radius 2 is 1.41 bits per heavy atom. The first-order valence-electron chi connectivity index (χ1n) is 11.9. The molecule has 0 fully saturated rings. The molecule has 8 rings (SSSR count). The molecule has 0 unspecified atom stereocenters. The maximum Gasteiger partial charge on any atom is 2.00 e. The Morgan fingerprint density at radius 1 is 0.703 bits per heavy atom. The third-order valence-corrected chi connectivity index (χ3v) is 7.06. The van der Waals surface area contributed by atoms with Crippen molar-refractivity contribution < 1.29 is 25.5 Å². The molecule has 0 aliphatic carbocycles. The maximum atomic E-state index is 5.63. The van der Waals surface area contributed by atoms with Crippen molar-refractivity contribution in [2.45, 2.75) is 0 Å². The van der Waals surface area contributed by atoms with Gasteiger partial charge in [0.25, 0.3) is 6.85 Å². The van der Waals surface area contributed by atoms with Gasteiger partial charge in [0.05, 0.1) is 12.5 Å². The molecule has 0 N–H and O–H groups in total. The molecular formula is C30H17BN4OPt. The van der Waals surface area contributed by atoms with Gasteiger partial charge < -0.3 is 9.23 Å². The number of rotatable bonds is 2. The van der Waals surface area contributed by atoms with Crippen LogP contribution in [0, 0.1) is 12.1 Å². The minimum atomic E-state index is -0.120. The molecule has 0 saturated heterocycles. The number of para-hydroxylation sites is 2. The number of aromatic nitrogens is 3. The fraction of sp³-hybridized carbons (Fsp3) is 0. The molecule has 4 aromatic carbocycles. The Balaban J connectivity index is 0.00000231. The Bertz CT molecular complexity index is 1640. The van der Waals surface area contributed by atoms with Crippen LogP contribution in [0.25, 0.3) is 39.4 Å². The first kappa shape index (κ1) is 22.1. The Morgan fingerprint density at radius 3 is 2.08 bits per heavy atom. The van der Waals surface area contributed by atoms with Gasteiger partial charge in [0, 0.05) is 23.8 Å². The molecule has 7 heteroatoms. The van der Waals surface area contributed by atoms with Gasteiger partial charge in [-0.2, -0.15) is 22.7 Å². The van der Waals surface area contributed by atoms with Gasteiger partial charge in [0.1, 0.15) is 5.89 Å². The second-order valence-electron chi connectivity index (χ2n) is 8.97. The molecule has 0 saturated carbocycles. The Kier molecular flexibility index (Phi) is 5.05. The summed E-state index contributed by atoms with van der Waals surface area (Å²) >= 11 is 0. The van der Waals surface area contributed by atoms with Crippen LogP contribution in [-0.4, -0.2) is 21.6 Å². The summed E-state index contributed by atoms with van der Waals surface area (Å²) in [5.74, 6) is 0.564. The summed E-state index contributed by atoms with van der Waals surface area (Å²) in [7, 11) is 0. The number of benzene rings is 4. The molecule has 37 heavy (non-hydrogen) atoms. The number of hydrogen-bond acceptors (Lipinski definition) is 4. The van der Waals surface area contributed by atoms with Gasteiger partial charge in [-0.15, -0.1) is 40.9 Å². The Hall–Kier alpha value is -4.15. The van der Waals surface area contributed by atoms with Gasteiger partial charge in [-0.1, -0.05) is 47.5 Å². The number of fused-ring (bicyclic) bond motifs is 11. The second-order valence-corrected chi connectivity index (χ2v) is 8.97. The zero-order valence-electron chi connectivity index (χ0n) is 19.4. The van der Waals surface area contributed by atoms with E-state index in [2.05, 4.69) is 93.8 Å². The quantitative estimate of drug-likeness (QED) is 0.194. The van der Waals surface area contributed by atoms with E-state index in [9.17, 15) is 0 Å². The van der Waals surface area contributed by atoms with E-state index in [0.717, 1.165) is 27.7 Å². The molecule has 176 valence electrons. The number of oxazole rings is 1. The summed E-state index contributed by atoms with van der Waals surface area (Å²) in [6, 6.07) is 35.0. The van der Waals surface area contributed by atoms with Crippen molar-refractivity contribution in [2.24, 2.45) is 0 Å². The number of hydrogen-bond donors (Lipinski definition) is 0. The van der Waals surface area contributed by atoms with Crippen molar-refractivity contribution >= 4 is 29.1 Å². The number of anilines is 2. The van der Waals surface area contributed by atoms with Crippen molar-refractivity contribution in [3.8, 4) is 39.4 Å². The van der Waals surface area contributed by atoms with Crippen LogP contribution in [0.15, 0.2) is 108 Å². The van der Waals surface area contributed by atoms with Crippen molar-refractivity contribution in [1.82, 2.24) is 14.8 Å². The average molecular weight is 655 g/mol. The first-order chi connectivity index (χ1) is 17.9. The largest absolute Gasteiger partial charge is 2.00 e. The molecule has 0 spiro atoms. The van der Waals surface area contributed by atoms with Gasteiger partial charge in [0.2, 0.25) is 0 Å². The molecular weight excluding hydrogens is 638 g/mol. The standard InChI is InChI=1S/C30H17BN4O.Pt/c1-3-8-28-24(6-1)22-12-10-20(30-32-15-17-36-30)18-26(22)31-27-19-21(34-16-5-14-33-34)11-13-23(27)25-7-2-4-9-29(25)35(28)31;/h1-17H;/q-2;+2. The molecule has 0 radical (unpaired) electrons. The average Bonchev–Trinajstić information content (AvgIpc) is 3.67. The van der Waals surface area contributed by atoms with E-state index >= 15 is 0 Å². The fourth-order valence-corrected chi connectivity index (χ4v) is 5.57. The molecule has 0 amide bonds. The monoisotopic (exact) mass is 655 g/mol. The van der Waals surface area contributed by atoms with Crippen LogP contribution < -0.4 is 15.7 Å². The zero-order chi connectivity index (χ0) is 23.6. The normalized spacial score (nSPS) is 12.5. The molecule has 5 nitrogen and oxygen atoms in total. The minimum absolute atomic E-state index is 0. The SMILES string of the molecule is [Pt+2].[c-]1c(-c2ncco2)ccc2c1B1c3[c-]c(-n4cccn4)ccc3-c3ccccc3N1c1ccccc1-2. The van der Waals surface area contributed by atoms with E-state index in [4.69, 9.17) is 4.42 Å². The van der Waals surface area contributed by atoms with Gasteiger partial charge in [-0.25, -0.2) is 0 Å². The zero-order valence-corrected chi connectivity index (χ0v) is 21.7. The Labute approximate surface area is 228 Å². The predicted molar refractivity (Wildman–Crippen MR) is 141 cm³/mol. The summed E-state index contributed by atoms with van der Waals surface area (Å²) in [5.41, 5.74) is 10.9. The van der Waals surface area contributed by atoms with E-state index in [1.165, 1.54) is 28.1 Å². The third-order valence-electron chi connectivity index (χ3n) is 7.06. The van der Waals surface area contributed by atoms with E-state index in [-0.39, 0.29) is 27.9 Å². The summed E-state index contributed by atoms with van der Waals surface area (Å²) < 4.78 is 7.49. The van der Waals surface area contributed by atoms with Gasteiger partial charge in [-0.3, -0.25) is 9.67 Å². The van der Waals surface area contributed by atoms with E-state index < -0.39 is 0 Å². The second kappa shape index (κ2) is 8.46. The molecule has 2 aromatic heterocycles. The number of nitrogens with zero attached hydrogens (tertiary/aromatic N) is 4. The van der Waals surface area contributed by atoms with Crippen molar-refractivity contribution in [3.63, 3.8) is 0 Å². The third kappa shape index (κ3) is 3.22. The minimum Gasteiger partial charge on any atom is -0.489 e. The molecule has 0 atom stereocenters. The molecule has 4 heterocycles. The van der Waals surface area contributed by atoms with Gasteiger partial charge in [-0.05, 0) is 29.4 Å². The molecule has 6 aromatic rings. The summed E-state index contributed by atoms with van der Waals surface area (Å²) in [6.45, 7) is -0.120. The molecule has 0 bridgehead atoms. The van der Waals surface area contributed by atoms with E-state index in [0.29, 0.717) is 5.89 Å². The molecule has 2 aliphatic rings.